The van der Waals surface area contributed by atoms with Crippen LogP contribution in [0.15, 0.2) is 18.2 Å². The lowest BCUT2D eigenvalue weighted by molar-refractivity contribution is -0.116. The number of nitrogens with zero attached hydrogens (tertiary/aromatic N) is 1. The highest BCUT2D eigenvalue weighted by atomic mass is 79.9. The predicted molar refractivity (Wildman–Crippen MR) is 81.7 cm³/mol. The maximum atomic E-state index is 12.0. The van der Waals surface area contributed by atoms with Crippen LogP contribution in [-0.4, -0.2) is 24.8 Å². The van der Waals surface area contributed by atoms with Gasteiger partial charge in [0, 0.05) is 25.5 Å². The van der Waals surface area contributed by atoms with E-state index in [1.807, 2.05) is 51.9 Å². The molecule has 0 aliphatic rings. The molecule has 0 spiro atoms. The molecule has 1 aromatic carbocycles. The van der Waals surface area contributed by atoms with Crippen molar-refractivity contribution in [1.29, 1.82) is 0 Å². The molecule has 0 aromatic heterocycles. The van der Waals surface area contributed by atoms with Gasteiger partial charge in [-0.3, -0.25) is 4.79 Å². The van der Waals surface area contributed by atoms with E-state index in [1.54, 1.807) is 0 Å². The van der Waals surface area contributed by atoms with Crippen molar-refractivity contribution in [2.45, 2.75) is 25.6 Å². The van der Waals surface area contributed by atoms with E-state index < -0.39 is 0 Å². The van der Waals surface area contributed by atoms with Crippen LogP contribution < -0.4 is 10.2 Å². The monoisotopic (exact) mass is 312 g/mol. The molecule has 1 amide bonds. The Morgan fingerprint density at radius 1 is 1.33 bits per heavy atom. The van der Waals surface area contributed by atoms with Crippen molar-refractivity contribution in [3.8, 4) is 0 Å². The summed E-state index contributed by atoms with van der Waals surface area (Å²) in [4.78, 5) is 13.8. The minimum absolute atomic E-state index is 0.00528. The molecule has 18 heavy (non-hydrogen) atoms. The number of rotatable bonds is 4. The van der Waals surface area contributed by atoms with Gasteiger partial charge in [-0.05, 0) is 36.6 Å². The molecule has 1 N–H and O–H groups in total. The molecular formula is C14H21BrN2O. The average Bonchev–Trinajstić information content (AvgIpc) is 2.30. The minimum Gasteiger partial charge on any atom is -0.378 e. The van der Waals surface area contributed by atoms with Crippen LogP contribution in [0, 0.1) is 12.8 Å². The molecule has 1 aromatic rings. The first-order chi connectivity index (χ1) is 8.32. The summed E-state index contributed by atoms with van der Waals surface area (Å²) in [5.41, 5.74) is 3.07. The normalized spacial score (nSPS) is 12.4. The number of anilines is 2. The van der Waals surface area contributed by atoms with E-state index in [4.69, 9.17) is 0 Å². The second-order valence-electron chi connectivity index (χ2n) is 5.03. The Morgan fingerprint density at radius 3 is 2.39 bits per heavy atom. The molecule has 0 saturated heterocycles. The Morgan fingerprint density at radius 2 is 1.94 bits per heavy atom. The van der Waals surface area contributed by atoms with Gasteiger partial charge in [0.25, 0.3) is 0 Å². The molecule has 0 saturated carbocycles. The zero-order chi connectivity index (χ0) is 13.9. The number of amides is 1. The van der Waals surface area contributed by atoms with E-state index in [1.165, 1.54) is 0 Å². The Hall–Kier alpha value is -1.03. The SMILES string of the molecule is Cc1cc(N(C)C)ccc1NC(=O)C(Br)C(C)C. The maximum Gasteiger partial charge on any atom is 0.238 e. The van der Waals surface area contributed by atoms with Gasteiger partial charge < -0.3 is 10.2 Å². The highest BCUT2D eigenvalue weighted by Crippen LogP contribution is 2.22. The Kier molecular flexibility index (Phi) is 5.20. The Bertz CT molecular complexity index is 430. The number of hydrogen-bond donors (Lipinski definition) is 1. The van der Waals surface area contributed by atoms with E-state index in [0.29, 0.717) is 0 Å². The molecule has 3 nitrogen and oxygen atoms in total. The van der Waals surface area contributed by atoms with Gasteiger partial charge in [0.1, 0.15) is 0 Å². The summed E-state index contributed by atoms with van der Waals surface area (Å²) in [6, 6.07) is 6.01. The number of aryl methyl sites for hydroxylation is 1. The molecule has 4 heteroatoms. The molecule has 100 valence electrons. The first kappa shape index (κ1) is 15.0. The highest BCUT2D eigenvalue weighted by molar-refractivity contribution is 9.10. The van der Waals surface area contributed by atoms with E-state index in [9.17, 15) is 4.79 Å². The van der Waals surface area contributed by atoms with Crippen LogP contribution in [0.25, 0.3) is 0 Å². The lowest BCUT2D eigenvalue weighted by atomic mass is 10.1. The lowest BCUT2D eigenvalue weighted by Crippen LogP contribution is -2.27. The van der Waals surface area contributed by atoms with Crippen molar-refractivity contribution in [2.24, 2.45) is 5.92 Å². The molecule has 1 rings (SSSR count). The molecule has 0 radical (unpaired) electrons. The zero-order valence-corrected chi connectivity index (χ0v) is 13.2. The van der Waals surface area contributed by atoms with Crippen LogP contribution >= 0.6 is 15.9 Å². The Labute approximate surface area is 118 Å². The Balaban J connectivity index is 2.83. The molecule has 0 bridgehead atoms. The fourth-order valence-corrected chi connectivity index (χ4v) is 1.69. The van der Waals surface area contributed by atoms with Gasteiger partial charge in [-0.15, -0.1) is 0 Å². The average molecular weight is 313 g/mol. The summed E-state index contributed by atoms with van der Waals surface area (Å²) in [7, 11) is 4.00. The molecule has 1 unspecified atom stereocenters. The van der Waals surface area contributed by atoms with Crippen LogP contribution in [0.5, 0.6) is 0 Å². The number of alkyl halides is 1. The van der Waals surface area contributed by atoms with Crippen LogP contribution in [0.3, 0.4) is 0 Å². The summed E-state index contributed by atoms with van der Waals surface area (Å²) < 4.78 is 0. The van der Waals surface area contributed by atoms with Crippen molar-refractivity contribution in [1.82, 2.24) is 0 Å². The molecule has 0 heterocycles. The fourth-order valence-electron chi connectivity index (χ4n) is 1.57. The quantitative estimate of drug-likeness (QED) is 0.864. The van der Waals surface area contributed by atoms with Gasteiger partial charge in [0.15, 0.2) is 0 Å². The number of nitrogens with one attached hydrogen (secondary N) is 1. The van der Waals surface area contributed by atoms with Crippen LogP contribution in [0.2, 0.25) is 0 Å². The maximum absolute atomic E-state index is 12.0. The summed E-state index contributed by atoms with van der Waals surface area (Å²) in [6.07, 6.45) is 0. The number of halogens is 1. The van der Waals surface area contributed by atoms with E-state index in [-0.39, 0.29) is 16.7 Å². The van der Waals surface area contributed by atoms with E-state index in [0.717, 1.165) is 16.9 Å². The lowest BCUT2D eigenvalue weighted by Gasteiger charge is -2.17. The van der Waals surface area contributed by atoms with Gasteiger partial charge in [-0.1, -0.05) is 29.8 Å². The van der Waals surface area contributed by atoms with Crippen molar-refractivity contribution < 1.29 is 4.79 Å². The summed E-state index contributed by atoms with van der Waals surface area (Å²) in [5, 5.41) is 2.95. The van der Waals surface area contributed by atoms with Crippen molar-refractivity contribution >= 4 is 33.2 Å². The van der Waals surface area contributed by atoms with E-state index in [2.05, 4.69) is 27.3 Å². The van der Waals surface area contributed by atoms with Crippen LogP contribution in [-0.2, 0) is 4.79 Å². The van der Waals surface area contributed by atoms with Crippen molar-refractivity contribution in [2.75, 3.05) is 24.3 Å². The number of hydrogen-bond acceptors (Lipinski definition) is 2. The van der Waals surface area contributed by atoms with Gasteiger partial charge in [-0.2, -0.15) is 0 Å². The first-order valence-electron chi connectivity index (χ1n) is 6.06. The third kappa shape index (κ3) is 3.73. The summed E-state index contributed by atoms with van der Waals surface area (Å²) >= 11 is 3.41. The minimum atomic E-state index is -0.162. The van der Waals surface area contributed by atoms with Crippen molar-refractivity contribution in [3.63, 3.8) is 0 Å². The molecule has 0 aliphatic carbocycles. The molecule has 1 atom stereocenters. The van der Waals surface area contributed by atoms with Gasteiger partial charge in [0.05, 0.1) is 4.83 Å². The van der Waals surface area contributed by atoms with Gasteiger partial charge >= 0.3 is 0 Å². The molecule has 0 fully saturated rings. The first-order valence-corrected chi connectivity index (χ1v) is 6.97. The highest BCUT2D eigenvalue weighted by Gasteiger charge is 2.19. The topological polar surface area (TPSA) is 32.3 Å². The predicted octanol–water partition coefficient (Wildman–Crippen LogP) is 3.42. The smallest absolute Gasteiger partial charge is 0.238 e. The largest absolute Gasteiger partial charge is 0.378 e. The number of benzene rings is 1. The summed E-state index contributed by atoms with van der Waals surface area (Å²) in [6.45, 7) is 6.03. The van der Waals surface area contributed by atoms with Crippen LogP contribution in [0.4, 0.5) is 11.4 Å². The van der Waals surface area contributed by atoms with Crippen molar-refractivity contribution in [3.05, 3.63) is 23.8 Å². The third-order valence-electron chi connectivity index (χ3n) is 2.82. The second-order valence-corrected chi connectivity index (χ2v) is 6.02. The van der Waals surface area contributed by atoms with Crippen LogP contribution in [0.1, 0.15) is 19.4 Å². The standard InChI is InChI=1S/C14H21BrN2O/c1-9(2)13(15)14(18)16-12-7-6-11(17(4)5)8-10(12)3/h6-9,13H,1-5H3,(H,16,18). The van der Waals surface area contributed by atoms with Gasteiger partial charge in [0.2, 0.25) is 5.91 Å². The molecular weight excluding hydrogens is 292 g/mol. The van der Waals surface area contributed by atoms with Gasteiger partial charge in [-0.25, -0.2) is 0 Å². The van der Waals surface area contributed by atoms with E-state index >= 15 is 0 Å². The summed E-state index contributed by atoms with van der Waals surface area (Å²) in [5.74, 6) is 0.275. The second kappa shape index (κ2) is 6.23. The fraction of sp³-hybridized carbons (Fsp3) is 0.500. The zero-order valence-electron chi connectivity index (χ0n) is 11.6. The molecule has 0 aliphatic heterocycles. The third-order valence-corrected chi connectivity index (χ3v) is 4.29. The number of carbonyl (C=O) groups excluding carboxylic acids is 1. The number of carbonyl (C=O) groups is 1.